The van der Waals surface area contributed by atoms with E-state index in [-0.39, 0.29) is 5.91 Å². The van der Waals surface area contributed by atoms with Gasteiger partial charge in [-0.15, -0.1) is 11.3 Å². The third-order valence-corrected chi connectivity index (χ3v) is 3.89. The number of carbonyl (C=O) groups excluding carboxylic acids is 1. The van der Waals surface area contributed by atoms with Crippen LogP contribution in [0.3, 0.4) is 0 Å². The molecule has 6 heteroatoms. The number of amides is 1. The zero-order valence-electron chi connectivity index (χ0n) is 12.2. The highest BCUT2D eigenvalue weighted by Gasteiger charge is 2.20. The number of nitrogens with one attached hydrogen (secondary N) is 1. The van der Waals surface area contributed by atoms with Crippen LogP contribution in [0.4, 0.5) is 5.00 Å². The van der Waals surface area contributed by atoms with Crippen LogP contribution in [-0.2, 0) is 0 Å². The molecule has 0 unspecified atom stereocenters. The van der Waals surface area contributed by atoms with E-state index in [1.807, 2.05) is 30.5 Å². The minimum atomic E-state index is -0.184. The number of methoxy groups -OCH3 is 2. The van der Waals surface area contributed by atoms with Crippen LogP contribution in [0.5, 0.6) is 11.5 Å². The van der Waals surface area contributed by atoms with Gasteiger partial charge >= 0.3 is 0 Å². The van der Waals surface area contributed by atoms with Gasteiger partial charge in [-0.05, 0) is 25.1 Å². The summed E-state index contributed by atoms with van der Waals surface area (Å²) in [6.07, 6.45) is 0. The molecular formula is C15H18N2O3S. The van der Waals surface area contributed by atoms with E-state index in [2.05, 4.69) is 5.32 Å². The minimum absolute atomic E-state index is 0.184. The Morgan fingerprint density at radius 1 is 1.29 bits per heavy atom. The molecule has 112 valence electrons. The molecule has 2 aromatic rings. The Morgan fingerprint density at radius 3 is 2.67 bits per heavy atom. The number of thiophene rings is 1. The van der Waals surface area contributed by atoms with Crippen LogP contribution in [0.1, 0.15) is 17.3 Å². The monoisotopic (exact) mass is 306 g/mol. The van der Waals surface area contributed by atoms with Gasteiger partial charge < -0.3 is 20.5 Å². The third kappa shape index (κ3) is 2.95. The van der Waals surface area contributed by atoms with Gasteiger partial charge in [0.05, 0.1) is 24.8 Å². The summed E-state index contributed by atoms with van der Waals surface area (Å²) >= 11 is 1.33. The Labute approximate surface area is 127 Å². The number of rotatable bonds is 5. The summed E-state index contributed by atoms with van der Waals surface area (Å²) in [4.78, 5) is 12.2. The summed E-state index contributed by atoms with van der Waals surface area (Å²) in [5.41, 5.74) is 7.97. The number of carbonyl (C=O) groups is 1. The lowest BCUT2D eigenvalue weighted by molar-refractivity contribution is 0.0957. The van der Waals surface area contributed by atoms with Crippen molar-refractivity contribution in [3.05, 3.63) is 29.1 Å². The predicted octanol–water partition coefficient (Wildman–Crippen LogP) is 2.76. The van der Waals surface area contributed by atoms with Crippen molar-refractivity contribution < 1.29 is 14.3 Å². The summed E-state index contributed by atoms with van der Waals surface area (Å²) < 4.78 is 10.6. The molecule has 0 bridgehead atoms. The molecule has 0 atom stereocenters. The summed E-state index contributed by atoms with van der Waals surface area (Å²) in [6.45, 7) is 2.41. The highest BCUT2D eigenvalue weighted by molar-refractivity contribution is 7.15. The molecule has 1 aromatic heterocycles. The first kappa shape index (κ1) is 15.2. The first-order chi connectivity index (χ1) is 10.1. The van der Waals surface area contributed by atoms with Gasteiger partial charge in [0.1, 0.15) is 11.5 Å². The van der Waals surface area contributed by atoms with Crippen molar-refractivity contribution in [2.45, 2.75) is 6.92 Å². The summed E-state index contributed by atoms with van der Waals surface area (Å²) in [6, 6.07) is 5.45. The molecule has 2 rings (SSSR count). The second kappa shape index (κ2) is 6.49. The molecule has 0 saturated heterocycles. The number of benzene rings is 1. The second-order valence-corrected chi connectivity index (χ2v) is 5.23. The number of hydrogen-bond acceptors (Lipinski definition) is 5. The fourth-order valence-electron chi connectivity index (χ4n) is 2.08. The van der Waals surface area contributed by atoms with E-state index in [9.17, 15) is 4.79 Å². The SMILES string of the molecule is CCNC(=O)c1c(-c2cc(OC)ccc2OC)csc1N. The Balaban J connectivity index is 2.59. The molecule has 0 saturated carbocycles. The van der Waals surface area contributed by atoms with Gasteiger partial charge in [0.2, 0.25) is 0 Å². The van der Waals surface area contributed by atoms with Gasteiger partial charge in [-0.1, -0.05) is 0 Å². The van der Waals surface area contributed by atoms with Crippen LogP contribution in [0.15, 0.2) is 23.6 Å². The van der Waals surface area contributed by atoms with Crippen molar-refractivity contribution in [3.63, 3.8) is 0 Å². The lowest BCUT2D eigenvalue weighted by Crippen LogP contribution is -2.23. The summed E-state index contributed by atoms with van der Waals surface area (Å²) in [5.74, 6) is 1.17. The molecule has 1 heterocycles. The van der Waals surface area contributed by atoms with Crippen LogP contribution in [0, 0.1) is 0 Å². The molecule has 0 aliphatic heterocycles. The molecule has 0 aliphatic carbocycles. The molecule has 3 N–H and O–H groups in total. The zero-order valence-corrected chi connectivity index (χ0v) is 13.0. The molecular weight excluding hydrogens is 288 g/mol. The maximum atomic E-state index is 12.2. The van der Waals surface area contributed by atoms with Gasteiger partial charge in [0.15, 0.2) is 0 Å². The first-order valence-electron chi connectivity index (χ1n) is 6.49. The van der Waals surface area contributed by atoms with Crippen molar-refractivity contribution in [2.24, 2.45) is 0 Å². The summed E-state index contributed by atoms with van der Waals surface area (Å²) in [5, 5.41) is 5.13. The zero-order chi connectivity index (χ0) is 15.4. The largest absolute Gasteiger partial charge is 0.497 e. The van der Waals surface area contributed by atoms with E-state index >= 15 is 0 Å². The first-order valence-corrected chi connectivity index (χ1v) is 7.37. The van der Waals surface area contributed by atoms with E-state index in [1.54, 1.807) is 14.2 Å². The molecule has 0 fully saturated rings. The molecule has 5 nitrogen and oxygen atoms in total. The van der Waals surface area contributed by atoms with E-state index in [0.717, 1.165) is 11.1 Å². The Morgan fingerprint density at radius 2 is 2.05 bits per heavy atom. The smallest absolute Gasteiger partial charge is 0.254 e. The molecule has 21 heavy (non-hydrogen) atoms. The van der Waals surface area contributed by atoms with Crippen LogP contribution >= 0.6 is 11.3 Å². The normalized spacial score (nSPS) is 10.2. The predicted molar refractivity (Wildman–Crippen MR) is 85.3 cm³/mol. The Bertz CT molecular complexity index is 652. The van der Waals surface area contributed by atoms with Gasteiger partial charge in [-0.25, -0.2) is 0 Å². The van der Waals surface area contributed by atoms with Crippen LogP contribution < -0.4 is 20.5 Å². The maximum Gasteiger partial charge on any atom is 0.254 e. The quantitative estimate of drug-likeness (QED) is 0.891. The van der Waals surface area contributed by atoms with Gasteiger partial charge in [-0.3, -0.25) is 4.79 Å². The average molecular weight is 306 g/mol. The molecule has 0 aliphatic rings. The molecule has 0 spiro atoms. The van der Waals surface area contributed by atoms with Crippen molar-refractivity contribution >= 4 is 22.2 Å². The number of hydrogen-bond donors (Lipinski definition) is 2. The van der Waals surface area contributed by atoms with Crippen molar-refractivity contribution in [1.82, 2.24) is 5.32 Å². The molecule has 0 radical (unpaired) electrons. The van der Waals surface area contributed by atoms with E-state index in [0.29, 0.717) is 28.6 Å². The van der Waals surface area contributed by atoms with Crippen molar-refractivity contribution in [3.8, 4) is 22.6 Å². The van der Waals surface area contributed by atoms with E-state index in [1.165, 1.54) is 11.3 Å². The second-order valence-electron chi connectivity index (χ2n) is 4.31. The van der Waals surface area contributed by atoms with Gasteiger partial charge in [-0.2, -0.15) is 0 Å². The minimum Gasteiger partial charge on any atom is -0.497 e. The topological polar surface area (TPSA) is 73.6 Å². The van der Waals surface area contributed by atoms with E-state index in [4.69, 9.17) is 15.2 Å². The van der Waals surface area contributed by atoms with Gasteiger partial charge in [0, 0.05) is 23.1 Å². The van der Waals surface area contributed by atoms with Crippen molar-refractivity contribution in [2.75, 3.05) is 26.5 Å². The van der Waals surface area contributed by atoms with Crippen LogP contribution in [0.25, 0.3) is 11.1 Å². The Kier molecular flexibility index (Phi) is 4.70. The molecule has 1 amide bonds. The summed E-state index contributed by atoms with van der Waals surface area (Å²) in [7, 11) is 3.19. The fraction of sp³-hybridized carbons (Fsp3) is 0.267. The molecule has 1 aromatic carbocycles. The third-order valence-electron chi connectivity index (χ3n) is 3.08. The number of ether oxygens (including phenoxy) is 2. The van der Waals surface area contributed by atoms with Crippen LogP contribution in [0.2, 0.25) is 0 Å². The fourth-order valence-corrected chi connectivity index (χ4v) is 2.89. The number of nitrogen functional groups attached to an aromatic ring is 1. The standard InChI is InChI=1S/C15H18N2O3S/c1-4-17-15(18)13-11(8-21-14(13)16)10-7-9(19-2)5-6-12(10)20-3/h5-8H,4,16H2,1-3H3,(H,17,18). The highest BCUT2D eigenvalue weighted by Crippen LogP contribution is 2.40. The lowest BCUT2D eigenvalue weighted by atomic mass is 10.0. The number of nitrogens with two attached hydrogens (primary N) is 1. The average Bonchev–Trinajstić information content (AvgIpc) is 2.88. The van der Waals surface area contributed by atoms with Crippen LogP contribution in [-0.4, -0.2) is 26.7 Å². The number of anilines is 1. The van der Waals surface area contributed by atoms with E-state index < -0.39 is 0 Å². The van der Waals surface area contributed by atoms with Gasteiger partial charge in [0.25, 0.3) is 5.91 Å². The lowest BCUT2D eigenvalue weighted by Gasteiger charge is -2.11. The van der Waals surface area contributed by atoms with Crippen molar-refractivity contribution in [1.29, 1.82) is 0 Å². The highest BCUT2D eigenvalue weighted by atomic mass is 32.1. The Hall–Kier alpha value is -2.21. The maximum absolute atomic E-state index is 12.2.